The average Bonchev–Trinajstić information content (AvgIpc) is 2.61. The molecule has 0 saturated carbocycles. The SMILES string of the molecule is COCCOc1cccc(NC(=O)CNc2cccc(C(N)=O)c2)c1. The zero-order chi connectivity index (χ0) is 18.1. The van der Waals surface area contributed by atoms with Gasteiger partial charge in [-0.3, -0.25) is 9.59 Å². The highest BCUT2D eigenvalue weighted by Crippen LogP contribution is 2.17. The van der Waals surface area contributed by atoms with Gasteiger partial charge in [0.15, 0.2) is 0 Å². The Labute approximate surface area is 146 Å². The van der Waals surface area contributed by atoms with Crippen LogP contribution in [0.25, 0.3) is 0 Å². The third-order valence-electron chi connectivity index (χ3n) is 3.27. The molecule has 0 radical (unpaired) electrons. The minimum absolute atomic E-state index is 0.0526. The maximum Gasteiger partial charge on any atom is 0.248 e. The highest BCUT2D eigenvalue weighted by molar-refractivity contribution is 5.95. The first-order valence-electron chi connectivity index (χ1n) is 7.74. The quantitative estimate of drug-likeness (QED) is 0.603. The number of amides is 2. The topological polar surface area (TPSA) is 103 Å². The second kappa shape index (κ2) is 9.29. The van der Waals surface area contributed by atoms with Crippen molar-refractivity contribution in [3.63, 3.8) is 0 Å². The monoisotopic (exact) mass is 343 g/mol. The summed E-state index contributed by atoms with van der Waals surface area (Å²) in [5, 5.41) is 5.72. The highest BCUT2D eigenvalue weighted by Gasteiger charge is 2.05. The molecule has 0 bridgehead atoms. The van der Waals surface area contributed by atoms with Crippen molar-refractivity contribution in [2.75, 3.05) is 37.5 Å². The fourth-order valence-corrected chi connectivity index (χ4v) is 2.08. The molecule has 2 aromatic rings. The first kappa shape index (κ1) is 18.3. The van der Waals surface area contributed by atoms with Crippen molar-refractivity contribution >= 4 is 23.2 Å². The van der Waals surface area contributed by atoms with E-state index in [9.17, 15) is 9.59 Å². The van der Waals surface area contributed by atoms with E-state index in [1.165, 1.54) is 0 Å². The Hall–Kier alpha value is -3.06. The molecule has 25 heavy (non-hydrogen) atoms. The van der Waals surface area contributed by atoms with Crippen LogP contribution in [0.1, 0.15) is 10.4 Å². The van der Waals surface area contributed by atoms with E-state index in [1.807, 2.05) is 0 Å². The van der Waals surface area contributed by atoms with E-state index in [2.05, 4.69) is 10.6 Å². The van der Waals surface area contributed by atoms with Crippen LogP contribution in [0, 0.1) is 0 Å². The lowest BCUT2D eigenvalue weighted by Crippen LogP contribution is -2.22. The van der Waals surface area contributed by atoms with Gasteiger partial charge in [-0.2, -0.15) is 0 Å². The van der Waals surface area contributed by atoms with Crippen molar-refractivity contribution in [1.82, 2.24) is 0 Å². The zero-order valence-electron chi connectivity index (χ0n) is 14.0. The van der Waals surface area contributed by atoms with Gasteiger partial charge < -0.3 is 25.8 Å². The van der Waals surface area contributed by atoms with Crippen molar-refractivity contribution < 1.29 is 19.1 Å². The van der Waals surface area contributed by atoms with E-state index < -0.39 is 5.91 Å². The molecule has 0 unspecified atom stereocenters. The van der Waals surface area contributed by atoms with Gasteiger partial charge in [0.1, 0.15) is 12.4 Å². The summed E-state index contributed by atoms with van der Waals surface area (Å²) >= 11 is 0. The van der Waals surface area contributed by atoms with E-state index >= 15 is 0 Å². The minimum atomic E-state index is -0.515. The van der Waals surface area contributed by atoms with E-state index in [0.29, 0.717) is 35.9 Å². The number of carbonyl (C=O) groups excluding carboxylic acids is 2. The highest BCUT2D eigenvalue weighted by atomic mass is 16.5. The predicted molar refractivity (Wildman–Crippen MR) is 95.9 cm³/mol. The third kappa shape index (κ3) is 6.15. The number of methoxy groups -OCH3 is 1. The normalized spacial score (nSPS) is 10.1. The largest absolute Gasteiger partial charge is 0.491 e. The van der Waals surface area contributed by atoms with Crippen LogP contribution in [0.15, 0.2) is 48.5 Å². The van der Waals surface area contributed by atoms with Gasteiger partial charge >= 0.3 is 0 Å². The Morgan fingerprint density at radius 3 is 2.56 bits per heavy atom. The number of anilines is 2. The molecule has 2 aromatic carbocycles. The van der Waals surface area contributed by atoms with Crippen LogP contribution in [0.4, 0.5) is 11.4 Å². The molecule has 2 amide bonds. The number of carbonyl (C=O) groups is 2. The Kier molecular flexibility index (Phi) is 6.79. The van der Waals surface area contributed by atoms with Crippen molar-refractivity contribution in [2.45, 2.75) is 0 Å². The first-order chi connectivity index (χ1) is 12.1. The van der Waals surface area contributed by atoms with E-state index in [0.717, 1.165) is 0 Å². The van der Waals surface area contributed by atoms with Crippen LogP contribution in [0.5, 0.6) is 5.75 Å². The van der Waals surface area contributed by atoms with Gasteiger partial charge in [0.2, 0.25) is 11.8 Å². The number of benzene rings is 2. The second-order valence-corrected chi connectivity index (χ2v) is 5.22. The lowest BCUT2D eigenvalue weighted by molar-refractivity contribution is -0.114. The van der Waals surface area contributed by atoms with Gasteiger partial charge in [0.05, 0.1) is 13.2 Å². The number of nitrogens with one attached hydrogen (secondary N) is 2. The van der Waals surface area contributed by atoms with Gasteiger partial charge in [-0.15, -0.1) is 0 Å². The lowest BCUT2D eigenvalue weighted by Gasteiger charge is -2.10. The molecule has 2 rings (SSSR count). The molecule has 7 nitrogen and oxygen atoms in total. The van der Waals surface area contributed by atoms with Crippen LogP contribution in [-0.4, -0.2) is 38.7 Å². The number of ether oxygens (including phenoxy) is 2. The number of hydrogen-bond donors (Lipinski definition) is 3. The molecule has 7 heteroatoms. The van der Waals surface area contributed by atoms with Crippen molar-refractivity contribution in [1.29, 1.82) is 0 Å². The Bertz CT molecular complexity index is 734. The predicted octanol–water partition coefficient (Wildman–Crippen LogP) is 1.86. The lowest BCUT2D eigenvalue weighted by atomic mass is 10.2. The van der Waals surface area contributed by atoms with Crippen LogP contribution in [0.3, 0.4) is 0 Å². The number of hydrogen-bond acceptors (Lipinski definition) is 5. The van der Waals surface area contributed by atoms with Crippen molar-refractivity contribution in [3.8, 4) is 5.75 Å². The molecule has 0 aliphatic heterocycles. The van der Waals surface area contributed by atoms with Gasteiger partial charge in [0, 0.05) is 30.1 Å². The molecule has 0 saturated heterocycles. The fraction of sp³-hybridized carbons (Fsp3) is 0.222. The van der Waals surface area contributed by atoms with Gasteiger partial charge in [0.25, 0.3) is 0 Å². The van der Waals surface area contributed by atoms with Gasteiger partial charge in [-0.05, 0) is 30.3 Å². The molecule has 0 aliphatic carbocycles. The number of nitrogens with two attached hydrogens (primary N) is 1. The Morgan fingerprint density at radius 1 is 1.04 bits per heavy atom. The summed E-state index contributed by atoms with van der Waals surface area (Å²) in [5.41, 5.74) is 6.89. The van der Waals surface area contributed by atoms with E-state index in [4.69, 9.17) is 15.2 Å². The second-order valence-electron chi connectivity index (χ2n) is 5.22. The molecule has 0 fully saturated rings. The van der Waals surface area contributed by atoms with E-state index in [-0.39, 0.29) is 12.5 Å². The van der Waals surface area contributed by atoms with Crippen molar-refractivity contribution in [3.05, 3.63) is 54.1 Å². The molecule has 0 aliphatic rings. The molecule has 0 aromatic heterocycles. The fourth-order valence-electron chi connectivity index (χ4n) is 2.08. The summed E-state index contributed by atoms with van der Waals surface area (Å²) < 4.78 is 10.4. The summed E-state index contributed by atoms with van der Waals surface area (Å²) in [6.07, 6.45) is 0. The minimum Gasteiger partial charge on any atom is -0.491 e. The molecule has 0 atom stereocenters. The zero-order valence-corrected chi connectivity index (χ0v) is 14.0. The van der Waals surface area contributed by atoms with Crippen LogP contribution >= 0.6 is 0 Å². The summed E-state index contributed by atoms with van der Waals surface area (Å²) in [4.78, 5) is 23.2. The van der Waals surface area contributed by atoms with Crippen LogP contribution < -0.4 is 21.1 Å². The smallest absolute Gasteiger partial charge is 0.248 e. The molecule has 0 heterocycles. The molecule has 4 N–H and O–H groups in total. The molecular weight excluding hydrogens is 322 g/mol. The first-order valence-corrected chi connectivity index (χ1v) is 7.74. The summed E-state index contributed by atoms with van der Waals surface area (Å²) in [5.74, 6) is -0.0890. The molecule has 132 valence electrons. The number of primary amides is 1. The summed E-state index contributed by atoms with van der Waals surface area (Å²) in [6, 6.07) is 13.8. The molecular formula is C18H21N3O4. The van der Waals surface area contributed by atoms with Crippen molar-refractivity contribution in [2.24, 2.45) is 5.73 Å². The third-order valence-corrected chi connectivity index (χ3v) is 3.27. The summed E-state index contributed by atoms with van der Waals surface area (Å²) in [7, 11) is 1.60. The maximum absolute atomic E-state index is 12.1. The molecule has 0 spiro atoms. The Balaban J connectivity index is 1.87. The van der Waals surface area contributed by atoms with Crippen LogP contribution in [0.2, 0.25) is 0 Å². The average molecular weight is 343 g/mol. The van der Waals surface area contributed by atoms with Gasteiger partial charge in [-0.25, -0.2) is 0 Å². The van der Waals surface area contributed by atoms with Gasteiger partial charge in [-0.1, -0.05) is 12.1 Å². The number of rotatable bonds is 9. The van der Waals surface area contributed by atoms with Crippen LogP contribution in [-0.2, 0) is 9.53 Å². The maximum atomic E-state index is 12.1. The standard InChI is InChI=1S/C18H21N3O4/c1-24-8-9-25-16-7-3-6-15(11-16)21-17(22)12-20-14-5-2-4-13(10-14)18(19)23/h2-7,10-11,20H,8-9,12H2,1H3,(H2,19,23)(H,21,22). The summed E-state index contributed by atoms with van der Waals surface area (Å²) in [6.45, 7) is 0.980. The Morgan fingerprint density at radius 2 is 1.80 bits per heavy atom. The van der Waals surface area contributed by atoms with E-state index in [1.54, 1.807) is 55.6 Å².